The molecule has 0 saturated heterocycles. The van der Waals surface area contributed by atoms with Gasteiger partial charge in [0.2, 0.25) is 5.78 Å². The van der Waals surface area contributed by atoms with Crippen molar-refractivity contribution in [2.75, 3.05) is 6.61 Å². The third-order valence-corrected chi connectivity index (χ3v) is 4.95. The fourth-order valence-electron chi connectivity index (χ4n) is 3.50. The number of aromatic amines is 1. The number of fused-ring (bicyclic) bond motifs is 1. The van der Waals surface area contributed by atoms with Gasteiger partial charge in [0.05, 0.1) is 16.8 Å². The standard InChI is InChI=1S/C23H24N2O4/c1-12(2)19-10-17(16-8-6-7-9-18(16)25-19)23(28)29-11-20(27)22-13(3)21(15(5)26)14(4)24-22/h6-10,12,24H,11H2,1-5H3. The van der Waals surface area contributed by atoms with Gasteiger partial charge in [0.1, 0.15) is 0 Å². The third kappa shape index (κ3) is 3.97. The first-order chi connectivity index (χ1) is 13.7. The number of esters is 1. The number of hydrogen-bond donors (Lipinski definition) is 1. The highest BCUT2D eigenvalue weighted by atomic mass is 16.5. The summed E-state index contributed by atoms with van der Waals surface area (Å²) in [6.07, 6.45) is 0. The number of aryl methyl sites for hydroxylation is 1. The maximum Gasteiger partial charge on any atom is 0.339 e. The first kappa shape index (κ1) is 20.5. The van der Waals surface area contributed by atoms with Crippen molar-refractivity contribution in [3.8, 4) is 0 Å². The van der Waals surface area contributed by atoms with E-state index in [9.17, 15) is 14.4 Å². The summed E-state index contributed by atoms with van der Waals surface area (Å²) in [5.74, 6) is -0.931. The Bertz CT molecular complexity index is 1130. The molecule has 0 bridgehead atoms. The van der Waals surface area contributed by atoms with E-state index < -0.39 is 12.6 Å². The Balaban J connectivity index is 1.86. The summed E-state index contributed by atoms with van der Waals surface area (Å²) in [4.78, 5) is 44.7. The summed E-state index contributed by atoms with van der Waals surface area (Å²) in [5, 5.41) is 0.681. The summed E-state index contributed by atoms with van der Waals surface area (Å²) < 4.78 is 5.33. The number of Topliss-reactive ketones (excluding diaryl/α,β-unsaturated/α-hetero) is 2. The summed E-state index contributed by atoms with van der Waals surface area (Å²) in [7, 11) is 0. The van der Waals surface area contributed by atoms with Crippen molar-refractivity contribution in [1.82, 2.24) is 9.97 Å². The van der Waals surface area contributed by atoms with E-state index in [4.69, 9.17) is 4.74 Å². The number of ether oxygens (including phenoxy) is 1. The molecule has 0 aliphatic heterocycles. The van der Waals surface area contributed by atoms with Crippen LogP contribution < -0.4 is 0 Å². The molecule has 0 amide bonds. The van der Waals surface area contributed by atoms with Crippen molar-refractivity contribution in [3.63, 3.8) is 0 Å². The van der Waals surface area contributed by atoms with Gasteiger partial charge in [0.15, 0.2) is 12.4 Å². The number of carbonyl (C=O) groups is 3. The third-order valence-electron chi connectivity index (χ3n) is 4.95. The van der Waals surface area contributed by atoms with Crippen LogP contribution in [-0.4, -0.2) is 34.1 Å². The minimum Gasteiger partial charge on any atom is -0.454 e. The van der Waals surface area contributed by atoms with Gasteiger partial charge in [-0.05, 0) is 44.4 Å². The Kier molecular flexibility index (Phi) is 5.64. The highest BCUT2D eigenvalue weighted by molar-refractivity contribution is 6.06. The van der Waals surface area contributed by atoms with E-state index in [1.54, 1.807) is 19.9 Å². The highest BCUT2D eigenvalue weighted by Crippen LogP contribution is 2.23. The van der Waals surface area contributed by atoms with Gasteiger partial charge in [-0.2, -0.15) is 0 Å². The number of carbonyl (C=O) groups excluding carboxylic acids is 3. The molecule has 29 heavy (non-hydrogen) atoms. The second-order valence-corrected chi connectivity index (χ2v) is 7.45. The van der Waals surface area contributed by atoms with Crippen LogP contribution >= 0.6 is 0 Å². The normalized spacial score (nSPS) is 11.1. The van der Waals surface area contributed by atoms with Crippen molar-refractivity contribution in [1.29, 1.82) is 0 Å². The molecule has 0 radical (unpaired) electrons. The lowest BCUT2D eigenvalue weighted by atomic mass is 10.0. The van der Waals surface area contributed by atoms with E-state index in [-0.39, 0.29) is 17.5 Å². The molecule has 0 atom stereocenters. The maximum absolute atomic E-state index is 12.8. The second-order valence-electron chi connectivity index (χ2n) is 7.45. The second kappa shape index (κ2) is 7.99. The Morgan fingerprint density at radius 3 is 2.45 bits per heavy atom. The Labute approximate surface area is 169 Å². The molecule has 0 fully saturated rings. The van der Waals surface area contributed by atoms with Crippen molar-refractivity contribution >= 4 is 28.4 Å². The van der Waals surface area contributed by atoms with E-state index in [2.05, 4.69) is 9.97 Å². The number of ketones is 2. The van der Waals surface area contributed by atoms with Gasteiger partial charge in [-0.15, -0.1) is 0 Å². The molecule has 3 aromatic rings. The SMILES string of the molecule is CC(=O)c1c(C)[nH]c(C(=O)COC(=O)c2cc(C(C)C)nc3ccccc23)c1C. The van der Waals surface area contributed by atoms with E-state index in [1.165, 1.54) is 6.92 Å². The van der Waals surface area contributed by atoms with Crippen molar-refractivity contribution in [2.45, 2.75) is 40.5 Å². The summed E-state index contributed by atoms with van der Waals surface area (Å²) in [5.41, 5.74) is 3.88. The van der Waals surface area contributed by atoms with Gasteiger partial charge in [-0.25, -0.2) is 4.79 Å². The van der Waals surface area contributed by atoms with Gasteiger partial charge in [0.25, 0.3) is 0 Å². The monoisotopic (exact) mass is 392 g/mol. The number of pyridine rings is 1. The predicted molar refractivity (Wildman–Crippen MR) is 111 cm³/mol. The maximum atomic E-state index is 12.8. The summed E-state index contributed by atoms with van der Waals surface area (Å²) in [6.45, 7) is 8.49. The van der Waals surface area contributed by atoms with Gasteiger partial charge >= 0.3 is 5.97 Å². The van der Waals surface area contributed by atoms with Crippen molar-refractivity contribution in [3.05, 3.63) is 64.1 Å². The number of benzene rings is 1. The zero-order valence-electron chi connectivity index (χ0n) is 17.3. The average Bonchev–Trinajstić information content (AvgIpc) is 2.99. The first-order valence-electron chi connectivity index (χ1n) is 9.50. The molecule has 0 spiro atoms. The van der Waals surface area contributed by atoms with Crippen LogP contribution in [0.25, 0.3) is 10.9 Å². The zero-order chi connectivity index (χ0) is 21.3. The number of aromatic nitrogens is 2. The van der Waals surface area contributed by atoms with Gasteiger partial charge in [-0.1, -0.05) is 32.0 Å². The molecule has 150 valence electrons. The molecule has 0 unspecified atom stereocenters. The smallest absolute Gasteiger partial charge is 0.339 e. The van der Waals surface area contributed by atoms with E-state index in [0.717, 1.165) is 5.69 Å². The molecule has 3 rings (SSSR count). The number of nitrogens with zero attached hydrogens (tertiary/aromatic N) is 1. The van der Waals surface area contributed by atoms with Crippen LogP contribution in [0.4, 0.5) is 0 Å². The number of H-pyrrole nitrogens is 1. The van der Waals surface area contributed by atoms with Crippen LogP contribution in [0.15, 0.2) is 30.3 Å². The topological polar surface area (TPSA) is 89.1 Å². The van der Waals surface area contributed by atoms with E-state index in [0.29, 0.717) is 39.0 Å². The molecule has 2 heterocycles. The van der Waals surface area contributed by atoms with E-state index >= 15 is 0 Å². The summed E-state index contributed by atoms with van der Waals surface area (Å²) >= 11 is 0. The van der Waals surface area contributed by atoms with Crippen LogP contribution in [0, 0.1) is 13.8 Å². The van der Waals surface area contributed by atoms with E-state index in [1.807, 2.05) is 38.1 Å². The molecule has 0 aliphatic rings. The number of rotatable bonds is 6. The minimum absolute atomic E-state index is 0.114. The lowest BCUT2D eigenvalue weighted by Crippen LogP contribution is -2.16. The number of nitrogens with one attached hydrogen (secondary N) is 1. The molecule has 1 aromatic carbocycles. The predicted octanol–water partition coefficient (Wildman–Crippen LogP) is 4.55. The van der Waals surface area contributed by atoms with Crippen LogP contribution in [0.2, 0.25) is 0 Å². The Hall–Kier alpha value is -3.28. The molecule has 0 aliphatic carbocycles. The van der Waals surface area contributed by atoms with Gasteiger partial charge < -0.3 is 9.72 Å². The molecule has 6 heteroatoms. The molecule has 0 saturated carbocycles. The first-order valence-corrected chi connectivity index (χ1v) is 9.50. The zero-order valence-corrected chi connectivity index (χ0v) is 17.3. The van der Waals surface area contributed by atoms with Crippen LogP contribution in [0.3, 0.4) is 0 Å². The largest absolute Gasteiger partial charge is 0.454 e. The quantitative estimate of drug-likeness (QED) is 0.491. The van der Waals surface area contributed by atoms with Gasteiger partial charge in [-0.3, -0.25) is 14.6 Å². The fraction of sp³-hybridized carbons (Fsp3) is 0.304. The molecule has 2 aromatic heterocycles. The Morgan fingerprint density at radius 1 is 1.14 bits per heavy atom. The van der Waals surface area contributed by atoms with Crippen LogP contribution in [0.5, 0.6) is 0 Å². The lowest BCUT2D eigenvalue weighted by Gasteiger charge is -2.11. The van der Waals surface area contributed by atoms with Crippen molar-refractivity contribution < 1.29 is 19.1 Å². The van der Waals surface area contributed by atoms with Crippen LogP contribution in [-0.2, 0) is 4.74 Å². The van der Waals surface area contributed by atoms with Crippen molar-refractivity contribution in [2.24, 2.45) is 0 Å². The highest BCUT2D eigenvalue weighted by Gasteiger charge is 2.22. The molecule has 6 nitrogen and oxygen atoms in total. The fourth-order valence-corrected chi connectivity index (χ4v) is 3.50. The molecular formula is C23H24N2O4. The minimum atomic E-state index is -0.577. The summed E-state index contributed by atoms with van der Waals surface area (Å²) in [6, 6.07) is 9.06. The molecular weight excluding hydrogens is 368 g/mol. The average molecular weight is 392 g/mol. The van der Waals surface area contributed by atoms with Gasteiger partial charge in [0, 0.05) is 22.3 Å². The van der Waals surface area contributed by atoms with Crippen LogP contribution in [0.1, 0.15) is 74.8 Å². The number of hydrogen-bond acceptors (Lipinski definition) is 5. The lowest BCUT2D eigenvalue weighted by molar-refractivity contribution is 0.0475. The number of para-hydroxylation sites is 1. The Morgan fingerprint density at radius 2 is 1.83 bits per heavy atom. The molecule has 1 N–H and O–H groups in total.